The number of hydrogen-bond donors (Lipinski definition) is 2. The number of anilines is 1. The Bertz CT molecular complexity index is 1230. The van der Waals surface area contributed by atoms with E-state index in [1.807, 2.05) is 68.4 Å². The van der Waals surface area contributed by atoms with Crippen LogP contribution in [0.15, 0.2) is 60.7 Å². The lowest BCUT2D eigenvalue weighted by Crippen LogP contribution is -2.34. The van der Waals surface area contributed by atoms with Gasteiger partial charge >= 0.3 is 0 Å². The van der Waals surface area contributed by atoms with Crippen LogP contribution < -0.4 is 10.6 Å². The molecule has 0 unspecified atom stereocenters. The minimum absolute atomic E-state index is 0.212. The Labute approximate surface area is 188 Å². The van der Waals surface area contributed by atoms with Gasteiger partial charge in [-0.25, -0.2) is 4.98 Å². The first-order valence-corrected chi connectivity index (χ1v) is 10.9. The van der Waals surface area contributed by atoms with Crippen LogP contribution in [0.4, 0.5) is 5.69 Å². The first kappa shape index (κ1) is 20.5. The van der Waals surface area contributed by atoms with Gasteiger partial charge in [0.15, 0.2) is 5.11 Å². The summed E-state index contributed by atoms with van der Waals surface area (Å²) in [7, 11) is 0. The molecule has 1 amide bonds. The molecular formula is C23H18ClN3OS2. The fraction of sp³-hybridized carbons (Fsp3) is 0.0870. The summed E-state index contributed by atoms with van der Waals surface area (Å²) in [4.78, 5) is 17.3. The van der Waals surface area contributed by atoms with Gasteiger partial charge in [-0.15, -0.1) is 11.3 Å². The monoisotopic (exact) mass is 451 g/mol. The van der Waals surface area contributed by atoms with Gasteiger partial charge < -0.3 is 5.32 Å². The predicted octanol–water partition coefficient (Wildman–Crippen LogP) is 6.36. The molecule has 0 radical (unpaired) electrons. The number of halogens is 1. The van der Waals surface area contributed by atoms with Crippen molar-refractivity contribution in [3.63, 3.8) is 0 Å². The third-order valence-corrected chi connectivity index (χ3v) is 5.97. The summed E-state index contributed by atoms with van der Waals surface area (Å²) in [6, 6.07) is 19.1. The van der Waals surface area contributed by atoms with Gasteiger partial charge in [-0.1, -0.05) is 40.9 Å². The van der Waals surface area contributed by atoms with Gasteiger partial charge in [0, 0.05) is 16.1 Å². The molecule has 0 saturated carbocycles. The van der Waals surface area contributed by atoms with Crippen molar-refractivity contribution >= 4 is 62.1 Å². The van der Waals surface area contributed by atoms with Crippen molar-refractivity contribution < 1.29 is 4.79 Å². The minimum Gasteiger partial charge on any atom is -0.332 e. The summed E-state index contributed by atoms with van der Waals surface area (Å²) in [5.41, 5.74) is 5.09. The fourth-order valence-corrected chi connectivity index (χ4v) is 4.60. The largest absolute Gasteiger partial charge is 0.332 e. The van der Waals surface area contributed by atoms with Crippen molar-refractivity contribution in [3.8, 4) is 10.6 Å². The number of aromatic nitrogens is 1. The van der Waals surface area contributed by atoms with Gasteiger partial charge in [0.2, 0.25) is 0 Å². The number of nitrogens with one attached hydrogen (secondary N) is 2. The molecule has 7 heteroatoms. The molecule has 4 nitrogen and oxygen atoms in total. The highest BCUT2D eigenvalue weighted by Crippen LogP contribution is 2.36. The summed E-state index contributed by atoms with van der Waals surface area (Å²) in [5, 5.41) is 7.50. The molecule has 1 aromatic heterocycles. The summed E-state index contributed by atoms with van der Waals surface area (Å²) in [5.74, 6) is -0.255. The summed E-state index contributed by atoms with van der Waals surface area (Å²) < 4.78 is 1.09. The van der Waals surface area contributed by atoms with Crippen molar-refractivity contribution in [2.75, 3.05) is 5.32 Å². The number of para-hydroxylation sites is 1. The molecule has 4 aromatic rings. The summed E-state index contributed by atoms with van der Waals surface area (Å²) in [6.45, 7) is 3.91. The molecule has 0 aliphatic carbocycles. The molecule has 1 heterocycles. The minimum atomic E-state index is -0.255. The number of rotatable bonds is 3. The van der Waals surface area contributed by atoms with Gasteiger partial charge in [0.25, 0.3) is 5.91 Å². The molecule has 0 aliphatic rings. The highest BCUT2D eigenvalue weighted by Gasteiger charge is 2.14. The zero-order valence-electron chi connectivity index (χ0n) is 16.3. The van der Waals surface area contributed by atoms with Crippen LogP contribution in [-0.4, -0.2) is 16.0 Å². The normalized spacial score (nSPS) is 10.8. The maximum Gasteiger partial charge on any atom is 0.257 e. The number of hydrogen-bond acceptors (Lipinski definition) is 4. The molecule has 0 spiro atoms. The van der Waals surface area contributed by atoms with Crippen LogP contribution in [0.25, 0.3) is 20.8 Å². The van der Waals surface area contributed by atoms with Crippen molar-refractivity contribution in [1.29, 1.82) is 0 Å². The molecule has 4 rings (SSSR count). The maximum absolute atomic E-state index is 12.6. The Hall–Kier alpha value is -2.80. The van der Waals surface area contributed by atoms with Gasteiger partial charge in [0.1, 0.15) is 5.01 Å². The predicted molar refractivity (Wildman–Crippen MR) is 130 cm³/mol. The van der Waals surface area contributed by atoms with Crippen LogP contribution in [0, 0.1) is 13.8 Å². The van der Waals surface area contributed by atoms with Crippen LogP contribution in [0.5, 0.6) is 0 Å². The van der Waals surface area contributed by atoms with Crippen LogP contribution in [0.1, 0.15) is 21.5 Å². The molecular weight excluding hydrogens is 434 g/mol. The second kappa shape index (κ2) is 8.52. The van der Waals surface area contributed by atoms with E-state index in [1.165, 1.54) is 0 Å². The van der Waals surface area contributed by atoms with Crippen LogP contribution in [0.2, 0.25) is 5.02 Å². The first-order valence-electron chi connectivity index (χ1n) is 9.25. The lowest BCUT2D eigenvalue weighted by atomic mass is 10.1. The topological polar surface area (TPSA) is 54.0 Å². The Morgan fingerprint density at radius 3 is 2.50 bits per heavy atom. The van der Waals surface area contributed by atoms with Crippen LogP contribution in [-0.2, 0) is 0 Å². The number of nitrogens with zero attached hydrogens (tertiary/aromatic N) is 1. The van der Waals surface area contributed by atoms with E-state index in [9.17, 15) is 4.79 Å². The van der Waals surface area contributed by atoms with E-state index in [0.717, 1.165) is 37.6 Å². The average molecular weight is 452 g/mol. The number of thiazole rings is 1. The fourth-order valence-electron chi connectivity index (χ4n) is 3.22. The molecule has 3 aromatic carbocycles. The molecule has 2 N–H and O–H groups in total. The summed E-state index contributed by atoms with van der Waals surface area (Å²) in [6.07, 6.45) is 0. The number of benzene rings is 3. The van der Waals surface area contributed by atoms with Crippen molar-refractivity contribution in [2.24, 2.45) is 0 Å². The van der Waals surface area contributed by atoms with E-state index in [0.29, 0.717) is 10.6 Å². The van der Waals surface area contributed by atoms with Crippen molar-refractivity contribution in [1.82, 2.24) is 10.3 Å². The van der Waals surface area contributed by atoms with E-state index in [1.54, 1.807) is 17.4 Å². The highest BCUT2D eigenvalue weighted by molar-refractivity contribution is 7.80. The molecule has 0 atom stereocenters. The number of carbonyl (C=O) groups excluding carboxylic acids is 1. The molecule has 150 valence electrons. The van der Waals surface area contributed by atoms with E-state index in [4.69, 9.17) is 28.8 Å². The zero-order valence-corrected chi connectivity index (χ0v) is 18.7. The Balaban J connectivity index is 1.58. The quantitative estimate of drug-likeness (QED) is 0.356. The lowest BCUT2D eigenvalue weighted by Gasteiger charge is -2.13. The Kier molecular flexibility index (Phi) is 5.81. The third-order valence-electron chi connectivity index (χ3n) is 4.47. The van der Waals surface area contributed by atoms with Crippen LogP contribution >= 0.6 is 35.2 Å². The third kappa shape index (κ3) is 4.51. The molecule has 0 saturated heterocycles. The van der Waals surface area contributed by atoms with E-state index < -0.39 is 0 Å². The van der Waals surface area contributed by atoms with Crippen molar-refractivity contribution in [2.45, 2.75) is 13.8 Å². The standard InChI is InChI=1S/C23H18ClN3OS2/c1-13-9-14(2)11-15(10-13)21(28)27-23(29)26-18-8-7-16(24)12-17(18)22-25-19-5-3-4-6-20(19)30-22/h3-12H,1-2H3,(H2,26,27,28,29). The van der Waals surface area contributed by atoms with E-state index in [2.05, 4.69) is 10.6 Å². The Morgan fingerprint density at radius 2 is 1.77 bits per heavy atom. The smallest absolute Gasteiger partial charge is 0.257 e. The molecule has 0 fully saturated rings. The Morgan fingerprint density at radius 1 is 1.03 bits per heavy atom. The van der Waals surface area contributed by atoms with Gasteiger partial charge in [-0.3, -0.25) is 10.1 Å². The van der Waals surface area contributed by atoms with Crippen molar-refractivity contribution in [3.05, 3.63) is 82.4 Å². The molecule has 0 aliphatic heterocycles. The molecule has 30 heavy (non-hydrogen) atoms. The SMILES string of the molecule is Cc1cc(C)cc(C(=O)NC(=S)Nc2ccc(Cl)cc2-c2nc3ccccc3s2)c1. The number of thiocarbonyl (C=S) groups is 1. The number of carbonyl (C=O) groups is 1. The second-order valence-electron chi connectivity index (χ2n) is 6.96. The van der Waals surface area contributed by atoms with Gasteiger partial charge in [-0.2, -0.15) is 0 Å². The number of amides is 1. The summed E-state index contributed by atoms with van der Waals surface area (Å²) >= 11 is 13.2. The molecule has 0 bridgehead atoms. The van der Waals surface area contributed by atoms with Gasteiger partial charge in [0.05, 0.1) is 15.9 Å². The lowest BCUT2D eigenvalue weighted by molar-refractivity contribution is 0.0977. The number of aryl methyl sites for hydroxylation is 2. The van der Waals surface area contributed by atoms with E-state index in [-0.39, 0.29) is 11.0 Å². The van der Waals surface area contributed by atoms with Crippen LogP contribution in [0.3, 0.4) is 0 Å². The average Bonchev–Trinajstić information content (AvgIpc) is 3.12. The highest BCUT2D eigenvalue weighted by atomic mass is 35.5. The first-order chi connectivity index (χ1) is 14.4. The zero-order chi connectivity index (χ0) is 21.3. The number of fused-ring (bicyclic) bond motifs is 1. The second-order valence-corrected chi connectivity index (χ2v) is 8.84. The van der Waals surface area contributed by atoms with E-state index >= 15 is 0 Å². The van der Waals surface area contributed by atoms with Gasteiger partial charge in [-0.05, 0) is 68.5 Å². The maximum atomic E-state index is 12.6.